The molecule has 1 heterocycles. The molecule has 166 valence electrons. The van der Waals surface area contributed by atoms with Gasteiger partial charge < -0.3 is 15.0 Å². The Bertz CT molecular complexity index is 823. The second kappa shape index (κ2) is 10.3. The summed E-state index contributed by atoms with van der Waals surface area (Å²) < 4.78 is 5.84. The van der Waals surface area contributed by atoms with E-state index in [0.717, 1.165) is 44.0 Å². The molecule has 1 saturated heterocycles. The summed E-state index contributed by atoms with van der Waals surface area (Å²) in [4.78, 5) is 17.9. The minimum absolute atomic E-state index is 0.00804. The van der Waals surface area contributed by atoms with Gasteiger partial charge in [-0.2, -0.15) is 0 Å². The van der Waals surface area contributed by atoms with Gasteiger partial charge in [-0.1, -0.05) is 49.6 Å². The number of hydrogen-bond acceptors (Lipinski definition) is 4. The number of nitrogens with zero attached hydrogens (tertiary/aromatic N) is 2. The van der Waals surface area contributed by atoms with Crippen molar-refractivity contribution in [1.29, 1.82) is 0 Å². The normalized spacial score (nSPS) is 19.6. The molecule has 2 fully saturated rings. The molecule has 1 aliphatic carbocycles. The van der Waals surface area contributed by atoms with Crippen molar-refractivity contribution < 1.29 is 9.53 Å². The Morgan fingerprint density at radius 2 is 1.61 bits per heavy atom. The molecule has 0 atom stereocenters. The molecule has 0 bridgehead atoms. The maximum Gasteiger partial charge on any atom is 0.251 e. The third-order valence-corrected chi connectivity index (χ3v) is 6.90. The van der Waals surface area contributed by atoms with Crippen LogP contribution in [-0.4, -0.2) is 61.0 Å². The van der Waals surface area contributed by atoms with E-state index in [1.54, 1.807) is 0 Å². The average molecular weight is 422 g/mol. The molecule has 0 unspecified atom stereocenters. The molecule has 0 aromatic heterocycles. The van der Waals surface area contributed by atoms with Crippen LogP contribution in [0.5, 0.6) is 5.75 Å². The summed E-state index contributed by atoms with van der Waals surface area (Å²) in [5.41, 5.74) is 1.94. The van der Waals surface area contributed by atoms with Crippen LogP contribution in [0, 0.1) is 0 Å². The Morgan fingerprint density at radius 3 is 2.29 bits per heavy atom. The van der Waals surface area contributed by atoms with Crippen LogP contribution in [0.2, 0.25) is 0 Å². The highest BCUT2D eigenvalue weighted by atomic mass is 16.5. The first kappa shape index (κ1) is 21.8. The van der Waals surface area contributed by atoms with E-state index in [-0.39, 0.29) is 11.4 Å². The second-order valence-electron chi connectivity index (χ2n) is 9.06. The smallest absolute Gasteiger partial charge is 0.251 e. The van der Waals surface area contributed by atoms with E-state index in [2.05, 4.69) is 22.2 Å². The Labute approximate surface area is 186 Å². The lowest BCUT2D eigenvalue weighted by atomic mass is 9.79. The molecule has 2 aromatic carbocycles. The molecule has 2 aromatic rings. The minimum atomic E-state index is 0.00804. The topological polar surface area (TPSA) is 44.8 Å². The van der Waals surface area contributed by atoms with Gasteiger partial charge >= 0.3 is 0 Å². The zero-order valence-electron chi connectivity index (χ0n) is 18.7. The summed E-state index contributed by atoms with van der Waals surface area (Å²) in [7, 11) is 2.19. The van der Waals surface area contributed by atoms with Gasteiger partial charge in [0, 0.05) is 43.8 Å². The first-order valence-electron chi connectivity index (χ1n) is 11.6. The van der Waals surface area contributed by atoms with Crippen LogP contribution in [0.3, 0.4) is 0 Å². The summed E-state index contributed by atoms with van der Waals surface area (Å²) in [5, 5.41) is 3.26. The number of piperazine rings is 1. The fourth-order valence-electron chi connectivity index (χ4n) is 4.89. The van der Waals surface area contributed by atoms with Crippen LogP contribution >= 0.6 is 0 Å². The van der Waals surface area contributed by atoms with Gasteiger partial charge in [-0.25, -0.2) is 0 Å². The van der Waals surface area contributed by atoms with Gasteiger partial charge in [0.1, 0.15) is 12.4 Å². The molecule has 2 aliphatic rings. The minimum Gasteiger partial charge on any atom is -0.489 e. The third kappa shape index (κ3) is 5.66. The van der Waals surface area contributed by atoms with Crippen molar-refractivity contribution in [2.24, 2.45) is 0 Å². The molecule has 4 rings (SSSR count). The number of ether oxygens (including phenoxy) is 1. The summed E-state index contributed by atoms with van der Waals surface area (Å²) in [6.07, 6.45) is 6.20. The number of nitrogens with one attached hydrogen (secondary N) is 1. The van der Waals surface area contributed by atoms with Gasteiger partial charge in [0.05, 0.1) is 0 Å². The van der Waals surface area contributed by atoms with Crippen molar-refractivity contribution in [1.82, 2.24) is 15.1 Å². The van der Waals surface area contributed by atoms with E-state index >= 15 is 0 Å². The number of likely N-dealkylation sites (N-methyl/N-ethyl adjacent to an activating group) is 1. The molecular formula is C26H35N3O2. The lowest BCUT2D eigenvalue weighted by Gasteiger charge is -2.49. The Hall–Kier alpha value is -2.37. The molecule has 1 N–H and O–H groups in total. The van der Waals surface area contributed by atoms with E-state index < -0.39 is 0 Å². The Morgan fingerprint density at radius 1 is 0.935 bits per heavy atom. The number of benzene rings is 2. The Balaban J connectivity index is 1.33. The van der Waals surface area contributed by atoms with Crippen molar-refractivity contribution in [3.63, 3.8) is 0 Å². The van der Waals surface area contributed by atoms with Crippen LogP contribution in [0.15, 0.2) is 54.6 Å². The first-order chi connectivity index (χ1) is 15.1. The number of carbonyl (C=O) groups excluding carboxylic acids is 1. The molecule has 1 saturated carbocycles. The summed E-state index contributed by atoms with van der Waals surface area (Å²) >= 11 is 0. The van der Waals surface area contributed by atoms with Crippen molar-refractivity contribution >= 4 is 5.91 Å². The summed E-state index contributed by atoms with van der Waals surface area (Å²) in [5.74, 6) is 0.787. The van der Waals surface area contributed by atoms with E-state index in [1.165, 1.54) is 32.1 Å². The number of amides is 1. The first-order valence-corrected chi connectivity index (χ1v) is 11.6. The van der Waals surface area contributed by atoms with Crippen LogP contribution in [0.4, 0.5) is 0 Å². The molecule has 5 heteroatoms. The summed E-state index contributed by atoms with van der Waals surface area (Å²) in [6, 6.07) is 17.6. The SMILES string of the molecule is CN1CCN(C2(CNC(=O)c3ccc(OCc4ccccc4)cc3)CCCCC2)CC1. The second-order valence-corrected chi connectivity index (χ2v) is 9.06. The number of rotatable bonds is 7. The highest BCUT2D eigenvalue weighted by molar-refractivity contribution is 5.94. The van der Waals surface area contributed by atoms with Crippen molar-refractivity contribution in [2.75, 3.05) is 39.8 Å². The van der Waals surface area contributed by atoms with Crippen molar-refractivity contribution in [3.05, 3.63) is 65.7 Å². The van der Waals surface area contributed by atoms with Crippen LogP contribution < -0.4 is 10.1 Å². The van der Waals surface area contributed by atoms with Crippen LogP contribution in [0.1, 0.15) is 48.0 Å². The maximum absolute atomic E-state index is 12.9. The standard InChI is InChI=1S/C26H35N3O2/c1-28-16-18-29(19-17-28)26(14-6-3-7-15-26)21-27-25(30)23-10-12-24(13-11-23)31-20-22-8-4-2-5-9-22/h2,4-5,8-13H,3,6-7,14-21H2,1H3,(H,27,30). The molecule has 1 aliphatic heterocycles. The average Bonchev–Trinajstić information content (AvgIpc) is 2.83. The van der Waals surface area contributed by atoms with Crippen molar-refractivity contribution in [3.8, 4) is 5.75 Å². The van der Waals surface area contributed by atoms with Gasteiger partial charge in [-0.05, 0) is 49.7 Å². The Kier molecular flexibility index (Phi) is 7.25. The highest BCUT2D eigenvalue weighted by Gasteiger charge is 2.39. The summed E-state index contributed by atoms with van der Waals surface area (Å²) in [6.45, 7) is 5.68. The zero-order chi connectivity index (χ0) is 21.5. The molecule has 0 spiro atoms. The number of hydrogen-bond donors (Lipinski definition) is 1. The largest absolute Gasteiger partial charge is 0.489 e. The van der Waals surface area contributed by atoms with E-state index in [0.29, 0.717) is 12.2 Å². The quantitative estimate of drug-likeness (QED) is 0.735. The fraction of sp³-hybridized carbons (Fsp3) is 0.500. The molecular weight excluding hydrogens is 386 g/mol. The van der Waals surface area contributed by atoms with E-state index in [9.17, 15) is 4.79 Å². The zero-order valence-corrected chi connectivity index (χ0v) is 18.7. The lowest BCUT2D eigenvalue weighted by Crippen LogP contribution is -2.61. The molecule has 1 amide bonds. The monoisotopic (exact) mass is 421 g/mol. The molecule has 31 heavy (non-hydrogen) atoms. The van der Waals surface area contributed by atoms with Gasteiger partial charge in [0.25, 0.3) is 5.91 Å². The predicted molar refractivity (Wildman–Crippen MR) is 124 cm³/mol. The van der Waals surface area contributed by atoms with E-state index in [4.69, 9.17) is 4.74 Å². The van der Waals surface area contributed by atoms with Gasteiger partial charge in [-0.15, -0.1) is 0 Å². The fourth-order valence-corrected chi connectivity index (χ4v) is 4.89. The van der Waals surface area contributed by atoms with Gasteiger partial charge in [0.15, 0.2) is 0 Å². The third-order valence-electron chi connectivity index (χ3n) is 6.90. The number of carbonyl (C=O) groups is 1. The van der Waals surface area contributed by atoms with Crippen LogP contribution in [0.25, 0.3) is 0 Å². The molecule has 0 radical (unpaired) electrons. The lowest BCUT2D eigenvalue weighted by molar-refractivity contribution is 0.0138. The van der Waals surface area contributed by atoms with E-state index in [1.807, 2.05) is 54.6 Å². The van der Waals surface area contributed by atoms with Crippen molar-refractivity contribution in [2.45, 2.75) is 44.2 Å². The van der Waals surface area contributed by atoms with Gasteiger partial charge in [0.2, 0.25) is 0 Å². The highest BCUT2D eigenvalue weighted by Crippen LogP contribution is 2.34. The van der Waals surface area contributed by atoms with Crippen LogP contribution in [-0.2, 0) is 6.61 Å². The molecule has 5 nitrogen and oxygen atoms in total. The van der Waals surface area contributed by atoms with Gasteiger partial charge in [-0.3, -0.25) is 9.69 Å². The predicted octanol–water partition coefficient (Wildman–Crippen LogP) is 3.95. The maximum atomic E-state index is 12.9.